The molecule has 2 N–H and O–H groups in total. The number of hydrogen-bond acceptors (Lipinski definition) is 6. The Labute approximate surface area is 194 Å². The molecule has 2 aromatic rings. The van der Waals surface area contributed by atoms with Gasteiger partial charge in [0.25, 0.3) is 5.91 Å². The Kier molecular flexibility index (Phi) is 10.1. The Morgan fingerprint density at radius 1 is 1.10 bits per heavy atom. The molecule has 0 aliphatic carbocycles. The van der Waals surface area contributed by atoms with E-state index in [1.54, 1.807) is 31.4 Å². The molecule has 31 heavy (non-hydrogen) atoms. The van der Waals surface area contributed by atoms with Crippen LogP contribution in [0.15, 0.2) is 47.4 Å². The second-order valence-corrected chi connectivity index (χ2v) is 8.21. The average molecular weight is 485 g/mol. The number of anilines is 1. The van der Waals surface area contributed by atoms with Crippen molar-refractivity contribution < 1.29 is 23.9 Å². The lowest BCUT2D eigenvalue weighted by molar-refractivity contribution is -0.123. The van der Waals surface area contributed by atoms with E-state index in [9.17, 15) is 14.4 Å². The summed E-state index contributed by atoms with van der Waals surface area (Å²) in [4.78, 5) is 37.5. The molecule has 166 valence electrons. The van der Waals surface area contributed by atoms with Gasteiger partial charge in [0.1, 0.15) is 0 Å². The van der Waals surface area contributed by atoms with Gasteiger partial charge in [0.15, 0.2) is 6.10 Å². The van der Waals surface area contributed by atoms with Crippen molar-refractivity contribution in [1.29, 1.82) is 0 Å². The number of hydrogen-bond donors (Lipinski definition) is 2. The summed E-state index contributed by atoms with van der Waals surface area (Å²) >= 11 is 13.0. The molecular weight excluding hydrogens is 463 g/mol. The zero-order chi connectivity index (χ0) is 22.8. The third-order valence-corrected chi connectivity index (χ3v) is 5.39. The fourth-order valence-electron chi connectivity index (χ4n) is 2.40. The van der Waals surface area contributed by atoms with Crippen molar-refractivity contribution in [2.45, 2.75) is 17.9 Å². The molecule has 1 atom stereocenters. The number of amides is 2. The number of carbonyl (C=O) groups is 3. The minimum absolute atomic E-state index is 0.125. The predicted molar refractivity (Wildman–Crippen MR) is 122 cm³/mol. The number of benzene rings is 2. The summed E-state index contributed by atoms with van der Waals surface area (Å²) in [5.74, 6) is -1.26. The van der Waals surface area contributed by atoms with E-state index in [-0.39, 0.29) is 17.2 Å². The SMILES string of the molecule is COCCNC(=O)CSc1ccccc1C(=O)OC(C)C(=O)Nc1cc(Cl)cc(Cl)c1. The molecule has 10 heteroatoms. The highest BCUT2D eigenvalue weighted by atomic mass is 35.5. The van der Waals surface area contributed by atoms with Crippen LogP contribution in [0.3, 0.4) is 0 Å². The van der Waals surface area contributed by atoms with Crippen LogP contribution in [0.2, 0.25) is 10.0 Å². The lowest BCUT2D eigenvalue weighted by Crippen LogP contribution is -2.30. The van der Waals surface area contributed by atoms with Crippen LogP contribution in [0.25, 0.3) is 0 Å². The van der Waals surface area contributed by atoms with Gasteiger partial charge in [-0.1, -0.05) is 35.3 Å². The van der Waals surface area contributed by atoms with Gasteiger partial charge < -0.3 is 20.1 Å². The van der Waals surface area contributed by atoms with Gasteiger partial charge >= 0.3 is 5.97 Å². The highest BCUT2D eigenvalue weighted by molar-refractivity contribution is 8.00. The molecule has 2 rings (SSSR count). The maximum absolute atomic E-state index is 12.6. The third kappa shape index (κ3) is 8.41. The molecule has 0 heterocycles. The number of carbonyl (C=O) groups excluding carboxylic acids is 3. The summed E-state index contributed by atoms with van der Waals surface area (Å²) in [5, 5.41) is 6.04. The van der Waals surface area contributed by atoms with Gasteiger partial charge in [-0.15, -0.1) is 11.8 Å². The number of nitrogens with one attached hydrogen (secondary N) is 2. The van der Waals surface area contributed by atoms with Gasteiger partial charge in [-0.2, -0.15) is 0 Å². The summed E-state index contributed by atoms with van der Waals surface area (Å²) in [5.41, 5.74) is 0.656. The van der Waals surface area contributed by atoms with Crippen LogP contribution in [0.5, 0.6) is 0 Å². The van der Waals surface area contributed by atoms with Gasteiger partial charge in [0.05, 0.1) is 17.9 Å². The van der Waals surface area contributed by atoms with Crippen LogP contribution >= 0.6 is 35.0 Å². The van der Waals surface area contributed by atoms with E-state index >= 15 is 0 Å². The third-order valence-electron chi connectivity index (χ3n) is 3.88. The molecule has 1 unspecified atom stereocenters. The van der Waals surface area contributed by atoms with Crippen LogP contribution < -0.4 is 10.6 Å². The topological polar surface area (TPSA) is 93.7 Å². The van der Waals surface area contributed by atoms with E-state index in [1.807, 2.05) is 0 Å². The quantitative estimate of drug-likeness (QED) is 0.300. The molecule has 7 nitrogen and oxygen atoms in total. The van der Waals surface area contributed by atoms with Crippen molar-refractivity contribution in [1.82, 2.24) is 5.32 Å². The molecule has 0 saturated heterocycles. The van der Waals surface area contributed by atoms with Crippen molar-refractivity contribution in [3.05, 3.63) is 58.1 Å². The first kappa shape index (κ1) is 25.0. The number of ether oxygens (including phenoxy) is 2. The van der Waals surface area contributed by atoms with E-state index in [0.717, 1.165) is 0 Å². The van der Waals surface area contributed by atoms with Crippen molar-refractivity contribution >= 4 is 58.4 Å². The minimum atomic E-state index is -1.07. The second kappa shape index (κ2) is 12.6. The maximum Gasteiger partial charge on any atom is 0.340 e. The fourth-order valence-corrected chi connectivity index (χ4v) is 3.79. The first-order chi connectivity index (χ1) is 14.8. The molecule has 0 spiro atoms. The molecule has 0 radical (unpaired) electrons. The second-order valence-electron chi connectivity index (χ2n) is 6.32. The molecule has 0 saturated carbocycles. The van der Waals surface area contributed by atoms with Gasteiger partial charge in [-0.05, 0) is 37.3 Å². The van der Waals surface area contributed by atoms with Crippen molar-refractivity contribution in [3.8, 4) is 0 Å². The van der Waals surface area contributed by atoms with Crippen molar-refractivity contribution in [2.24, 2.45) is 0 Å². The van der Waals surface area contributed by atoms with Gasteiger partial charge in [-0.3, -0.25) is 9.59 Å². The standard InChI is InChI=1S/C21H22Cl2N2O5S/c1-13(20(27)25-16-10-14(22)9-15(23)11-16)30-21(28)17-5-3-4-6-18(17)31-12-19(26)24-7-8-29-2/h3-6,9-11,13H,7-8,12H2,1-2H3,(H,24,26)(H,25,27). The Hall–Kier alpha value is -2.26. The van der Waals surface area contributed by atoms with Gasteiger partial charge in [0, 0.05) is 34.3 Å². The predicted octanol–water partition coefficient (Wildman–Crippen LogP) is 4.03. The average Bonchev–Trinajstić information content (AvgIpc) is 2.71. The zero-order valence-corrected chi connectivity index (χ0v) is 19.3. The molecule has 2 aromatic carbocycles. The molecule has 2 amide bonds. The van der Waals surface area contributed by atoms with Crippen LogP contribution in [-0.4, -0.2) is 49.9 Å². The smallest absolute Gasteiger partial charge is 0.340 e. The number of halogens is 2. The highest BCUT2D eigenvalue weighted by Gasteiger charge is 2.21. The Balaban J connectivity index is 1.96. The number of rotatable bonds is 10. The molecule has 0 fully saturated rings. The van der Waals surface area contributed by atoms with Crippen LogP contribution in [0, 0.1) is 0 Å². The fraction of sp³-hybridized carbons (Fsp3) is 0.286. The van der Waals surface area contributed by atoms with E-state index in [1.165, 1.54) is 36.9 Å². The summed E-state index contributed by atoms with van der Waals surface area (Å²) in [6, 6.07) is 11.3. The van der Waals surface area contributed by atoms with Crippen molar-refractivity contribution in [3.63, 3.8) is 0 Å². The Morgan fingerprint density at radius 3 is 2.45 bits per heavy atom. The van der Waals surface area contributed by atoms with E-state index < -0.39 is 18.0 Å². The van der Waals surface area contributed by atoms with Gasteiger partial charge in [0.2, 0.25) is 5.91 Å². The monoisotopic (exact) mass is 484 g/mol. The molecular formula is C21H22Cl2N2O5S. The molecule has 0 bridgehead atoms. The first-order valence-corrected chi connectivity index (χ1v) is 11.0. The summed E-state index contributed by atoms with van der Waals surface area (Å²) in [6.45, 7) is 2.28. The van der Waals surface area contributed by atoms with Gasteiger partial charge in [-0.25, -0.2) is 4.79 Å². The lowest BCUT2D eigenvalue weighted by atomic mass is 10.2. The van der Waals surface area contributed by atoms with Crippen molar-refractivity contribution in [2.75, 3.05) is 31.3 Å². The number of esters is 1. The summed E-state index contributed by atoms with van der Waals surface area (Å²) < 4.78 is 10.2. The van der Waals surface area contributed by atoms with E-state index in [2.05, 4.69) is 10.6 Å². The number of thioether (sulfide) groups is 1. The molecule has 0 aliphatic heterocycles. The largest absolute Gasteiger partial charge is 0.449 e. The minimum Gasteiger partial charge on any atom is -0.449 e. The summed E-state index contributed by atoms with van der Waals surface area (Å²) in [6.07, 6.45) is -1.07. The van der Waals surface area contributed by atoms with E-state index in [0.29, 0.717) is 33.8 Å². The molecule has 0 aromatic heterocycles. The van der Waals surface area contributed by atoms with Crippen LogP contribution in [0.1, 0.15) is 17.3 Å². The zero-order valence-electron chi connectivity index (χ0n) is 16.9. The highest BCUT2D eigenvalue weighted by Crippen LogP contribution is 2.25. The lowest BCUT2D eigenvalue weighted by Gasteiger charge is -2.15. The Morgan fingerprint density at radius 2 is 1.77 bits per heavy atom. The van der Waals surface area contributed by atoms with Crippen LogP contribution in [-0.2, 0) is 19.1 Å². The molecule has 0 aliphatic rings. The normalized spacial score (nSPS) is 11.5. The summed E-state index contributed by atoms with van der Waals surface area (Å²) in [7, 11) is 1.55. The van der Waals surface area contributed by atoms with E-state index in [4.69, 9.17) is 32.7 Å². The number of methoxy groups -OCH3 is 1. The van der Waals surface area contributed by atoms with Crippen LogP contribution in [0.4, 0.5) is 5.69 Å². The first-order valence-electron chi connectivity index (χ1n) is 9.25. The maximum atomic E-state index is 12.6. The Bertz CT molecular complexity index is 921.